The molecule has 0 saturated carbocycles. The molecule has 0 radical (unpaired) electrons. The Balaban J connectivity index is 0.000000297. The average molecular weight is 407 g/mol. The minimum Gasteiger partial charge on any atom is -0.391 e. The van der Waals surface area contributed by atoms with Gasteiger partial charge in [0.25, 0.3) is 5.91 Å². The zero-order chi connectivity index (χ0) is 21.9. The largest absolute Gasteiger partial charge is 0.391 e. The highest BCUT2D eigenvalue weighted by molar-refractivity contribution is 5.92. The summed E-state index contributed by atoms with van der Waals surface area (Å²) in [6.07, 6.45) is -0.939. The van der Waals surface area contributed by atoms with Crippen molar-refractivity contribution in [2.75, 3.05) is 5.32 Å². The molecular formula is C23H25N3O4. The van der Waals surface area contributed by atoms with Gasteiger partial charge in [-0.05, 0) is 42.3 Å². The molecule has 2 atom stereocenters. The van der Waals surface area contributed by atoms with Gasteiger partial charge in [-0.15, -0.1) is 0 Å². The molecule has 3 aromatic rings. The first kappa shape index (κ1) is 22.6. The maximum absolute atomic E-state index is 11.5. The number of hydrogen-bond donors (Lipinski definition) is 5. The van der Waals surface area contributed by atoms with E-state index in [-0.39, 0.29) is 5.91 Å². The van der Waals surface area contributed by atoms with Gasteiger partial charge in [0.15, 0.2) is 0 Å². The summed E-state index contributed by atoms with van der Waals surface area (Å²) in [5.74, 6) is -1.06. The van der Waals surface area contributed by atoms with Crippen molar-refractivity contribution < 1.29 is 19.9 Å². The number of amides is 2. The van der Waals surface area contributed by atoms with Gasteiger partial charge in [-0.25, -0.2) is 5.48 Å². The summed E-state index contributed by atoms with van der Waals surface area (Å²) in [7, 11) is 0. The van der Waals surface area contributed by atoms with Crippen molar-refractivity contribution in [1.29, 1.82) is 0 Å². The van der Waals surface area contributed by atoms with E-state index in [0.717, 1.165) is 11.1 Å². The van der Waals surface area contributed by atoms with E-state index in [1.165, 1.54) is 6.92 Å². The van der Waals surface area contributed by atoms with Crippen molar-refractivity contribution in [3.63, 3.8) is 0 Å². The topological polar surface area (TPSA) is 125 Å². The van der Waals surface area contributed by atoms with Crippen LogP contribution in [-0.2, 0) is 4.79 Å². The van der Waals surface area contributed by atoms with E-state index in [9.17, 15) is 14.7 Å². The molecule has 0 saturated heterocycles. The van der Waals surface area contributed by atoms with E-state index in [1.807, 2.05) is 60.7 Å². The number of anilines is 1. The number of carbonyl (C=O) groups is 2. The number of hydrogen-bond acceptors (Lipinski definition) is 5. The van der Waals surface area contributed by atoms with Gasteiger partial charge in [0.05, 0.1) is 6.10 Å². The summed E-state index contributed by atoms with van der Waals surface area (Å²) in [6.45, 7) is 1.48. The molecule has 7 heteroatoms. The van der Waals surface area contributed by atoms with Crippen molar-refractivity contribution in [3.05, 3.63) is 90.5 Å². The molecule has 30 heavy (non-hydrogen) atoms. The fourth-order valence-electron chi connectivity index (χ4n) is 2.65. The molecule has 0 aliphatic heterocycles. The first-order valence-corrected chi connectivity index (χ1v) is 9.31. The summed E-state index contributed by atoms with van der Waals surface area (Å²) in [5.41, 5.74) is 9.91. The summed E-state index contributed by atoms with van der Waals surface area (Å²) < 4.78 is 0. The van der Waals surface area contributed by atoms with Crippen LogP contribution in [0.3, 0.4) is 0 Å². The van der Waals surface area contributed by atoms with Crippen molar-refractivity contribution in [2.45, 2.75) is 19.1 Å². The van der Waals surface area contributed by atoms with E-state index < -0.39 is 18.1 Å². The SMILES string of the molecule is CC(O)C(Nc1ccc(-c2ccccc2)cc1)C(=O)NO.NC(=O)c1ccccc1. The first-order valence-electron chi connectivity index (χ1n) is 9.31. The molecule has 0 aliphatic rings. The average Bonchev–Trinajstić information content (AvgIpc) is 2.79. The van der Waals surface area contributed by atoms with Crippen LogP contribution in [0.1, 0.15) is 17.3 Å². The van der Waals surface area contributed by atoms with Crippen molar-refractivity contribution in [3.8, 4) is 11.1 Å². The molecule has 0 aliphatic carbocycles. The Morgan fingerprint density at radius 3 is 1.77 bits per heavy atom. The molecule has 6 N–H and O–H groups in total. The van der Waals surface area contributed by atoms with Gasteiger partial charge in [0.1, 0.15) is 6.04 Å². The predicted octanol–water partition coefficient (Wildman–Crippen LogP) is 2.81. The van der Waals surface area contributed by atoms with E-state index >= 15 is 0 Å². The normalized spacial score (nSPS) is 12.0. The second kappa shape index (κ2) is 11.4. The third-order valence-electron chi connectivity index (χ3n) is 4.25. The minimum absolute atomic E-state index is 0.379. The van der Waals surface area contributed by atoms with Gasteiger partial charge in [-0.2, -0.15) is 0 Å². The zero-order valence-corrected chi connectivity index (χ0v) is 16.5. The standard InChI is InChI=1S/C16H18N2O3.C7H7NO/c1-11(19)15(16(20)18-21)17-14-9-7-13(8-10-14)12-5-3-2-4-6-12;8-7(9)6-4-2-1-3-5-6/h2-11,15,17,19,21H,1H3,(H,18,20);1-5H,(H2,8,9). The molecule has 156 valence electrons. The highest BCUT2D eigenvalue weighted by atomic mass is 16.5. The van der Waals surface area contributed by atoms with Gasteiger partial charge >= 0.3 is 0 Å². The summed E-state index contributed by atoms with van der Waals surface area (Å²) in [5, 5.41) is 21.1. The number of carbonyl (C=O) groups excluding carboxylic acids is 2. The van der Waals surface area contributed by atoms with Crippen molar-refractivity contribution in [2.24, 2.45) is 5.73 Å². The van der Waals surface area contributed by atoms with E-state index in [4.69, 9.17) is 10.9 Å². The fraction of sp³-hybridized carbons (Fsp3) is 0.130. The van der Waals surface area contributed by atoms with Gasteiger partial charge < -0.3 is 16.2 Å². The molecule has 3 aromatic carbocycles. The number of nitrogens with one attached hydrogen (secondary N) is 2. The maximum Gasteiger partial charge on any atom is 0.268 e. The van der Waals surface area contributed by atoms with Gasteiger partial charge in [0, 0.05) is 11.3 Å². The molecule has 2 unspecified atom stereocenters. The molecule has 0 fully saturated rings. The Morgan fingerprint density at radius 2 is 1.33 bits per heavy atom. The molecule has 0 aromatic heterocycles. The van der Waals surface area contributed by atoms with E-state index in [1.54, 1.807) is 29.7 Å². The predicted molar refractivity (Wildman–Crippen MR) is 116 cm³/mol. The van der Waals surface area contributed by atoms with Crippen LogP contribution in [-0.4, -0.2) is 34.3 Å². The number of rotatable bonds is 6. The highest BCUT2D eigenvalue weighted by Crippen LogP contribution is 2.21. The molecule has 7 nitrogen and oxygen atoms in total. The van der Waals surface area contributed by atoms with Gasteiger partial charge in [0.2, 0.25) is 5.91 Å². The lowest BCUT2D eigenvalue weighted by atomic mass is 10.1. The van der Waals surface area contributed by atoms with Crippen LogP contribution in [0.2, 0.25) is 0 Å². The monoisotopic (exact) mass is 407 g/mol. The third kappa shape index (κ3) is 6.73. The first-order chi connectivity index (χ1) is 14.4. The maximum atomic E-state index is 11.5. The van der Waals surface area contributed by atoms with Crippen molar-refractivity contribution in [1.82, 2.24) is 5.48 Å². The Bertz CT molecular complexity index is 930. The number of aliphatic hydroxyl groups is 1. The molecule has 2 amide bonds. The Morgan fingerprint density at radius 1 is 0.833 bits per heavy atom. The van der Waals surface area contributed by atoms with Crippen LogP contribution in [0, 0.1) is 0 Å². The van der Waals surface area contributed by atoms with Crippen LogP contribution in [0.15, 0.2) is 84.9 Å². The number of primary amides is 1. The van der Waals surface area contributed by atoms with Gasteiger partial charge in [-0.1, -0.05) is 60.7 Å². The Hall–Kier alpha value is -3.68. The second-order valence-electron chi connectivity index (χ2n) is 6.51. The highest BCUT2D eigenvalue weighted by Gasteiger charge is 2.22. The molecule has 0 heterocycles. The lowest BCUT2D eigenvalue weighted by Crippen LogP contribution is -2.45. The van der Waals surface area contributed by atoms with Crippen LogP contribution in [0.25, 0.3) is 11.1 Å². The lowest BCUT2D eigenvalue weighted by Gasteiger charge is -2.20. The summed E-state index contributed by atoms with van der Waals surface area (Å²) >= 11 is 0. The lowest BCUT2D eigenvalue weighted by molar-refractivity contribution is -0.132. The zero-order valence-electron chi connectivity index (χ0n) is 16.5. The fourth-order valence-corrected chi connectivity index (χ4v) is 2.65. The van der Waals surface area contributed by atoms with E-state index in [0.29, 0.717) is 11.3 Å². The smallest absolute Gasteiger partial charge is 0.268 e. The van der Waals surface area contributed by atoms with Crippen LogP contribution >= 0.6 is 0 Å². The second-order valence-corrected chi connectivity index (χ2v) is 6.51. The number of hydroxylamine groups is 1. The molecule has 0 bridgehead atoms. The van der Waals surface area contributed by atoms with Crippen LogP contribution in [0.5, 0.6) is 0 Å². The Labute approximate surface area is 175 Å². The van der Waals surface area contributed by atoms with Crippen LogP contribution < -0.4 is 16.5 Å². The third-order valence-corrected chi connectivity index (χ3v) is 4.25. The minimum atomic E-state index is -0.939. The van der Waals surface area contributed by atoms with Gasteiger partial charge in [-0.3, -0.25) is 14.8 Å². The van der Waals surface area contributed by atoms with Crippen LogP contribution in [0.4, 0.5) is 5.69 Å². The number of nitrogens with two attached hydrogens (primary N) is 1. The summed E-state index contributed by atoms with van der Waals surface area (Å²) in [6, 6.07) is 25.3. The van der Waals surface area contributed by atoms with E-state index in [2.05, 4.69) is 5.32 Å². The van der Waals surface area contributed by atoms with Crippen molar-refractivity contribution >= 4 is 17.5 Å². The molecular weight excluding hydrogens is 382 g/mol. The summed E-state index contributed by atoms with van der Waals surface area (Å²) in [4.78, 5) is 21.9. The number of benzene rings is 3. The molecule has 0 spiro atoms. The Kier molecular flexibility index (Phi) is 8.56. The molecule has 3 rings (SSSR count). The quantitative estimate of drug-likeness (QED) is 0.317. The number of aliphatic hydroxyl groups excluding tert-OH is 1.